The van der Waals surface area contributed by atoms with Crippen LogP contribution in [0.15, 0.2) is 42.5 Å². The Morgan fingerprint density at radius 3 is 2.52 bits per heavy atom. The highest BCUT2D eigenvalue weighted by atomic mass is 35.5. The molecule has 1 aliphatic carbocycles. The highest BCUT2D eigenvalue weighted by Crippen LogP contribution is 2.28. The van der Waals surface area contributed by atoms with E-state index < -0.39 is 0 Å². The van der Waals surface area contributed by atoms with E-state index in [4.69, 9.17) is 11.6 Å². The molecule has 110 valence electrons. The van der Waals surface area contributed by atoms with Crippen LogP contribution in [0.2, 0.25) is 5.02 Å². The van der Waals surface area contributed by atoms with E-state index in [1.807, 2.05) is 18.2 Å². The molecule has 2 heteroatoms. The van der Waals surface area contributed by atoms with Crippen molar-refractivity contribution in [2.75, 3.05) is 0 Å². The lowest BCUT2D eigenvalue weighted by Crippen LogP contribution is -2.22. The number of hydrogen-bond acceptors (Lipinski definition) is 1. The molecule has 0 radical (unpaired) electrons. The minimum absolute atomic E-state index is 0.238. The van der Waals surface area contributed by atoms with Crippen LogP contribution in [0, 0.1) is 0 Å². The van der Waals surface area contributed by atoms with Gasteiger partial charge in [0.25, 0.3) is 0 Å². The summed E-state index contributed by atoms with van der Waals surface area (Å²) in [5.74, 6) is 0. The Morgan fingerprint density at radius 2 is 1.71 bits per heavy atom. The standard InChI is InChI=1S/C19H22ClN/c1-13(16-11-10-15-6-5-7-17(15)12-16)21-14(2)18-8-3-4-9-19(18)20/h3-4,8-14,21H,5-7H2,1-2H3/t13?,14-/m0/s1. The van der Waals surface area contributed by atoms with E-state index in [0.29, 0.717) is 6.04 Å². The van der Waals surface area contributed by atoms with Gasteiger partial charge in [-0.15, -0.1) is 0 Å². The van der Waals surface area contributed by atoms with Crippen LogP contribution >= 0.6 is 11.6 Å². The molecule has 2 atom stereocenters. The molecule has 2 aromatic rings. The molecule has 3 rings (SSSR count). The molecule has 1 nitrogen and oxygen atoms in total. The van der Waals surface area contributed by atoms with Crippen LogP contribution in [0.4, 0.5) is 0 Å². The minimum Gasteiger partial charge on any atom is -0.304 e. The third-order valence-corrected chi connectivity index (χ3v) is 4.84. The van der Waals surface area contributed by atoms with Gasteiger partial charge in [0.2, 0.25) is 0 Å². The number of halogens is 1. The average molecular weight is 300 g/mol. The van der Waals surface area contributed by atoms with Crippen molar-refractivity contribution >= 4 is 11.6 Å². The zero-order valence-corrected chi connectivity index (χ0v) is 13.5. The summed E-state index contributed by atoms with van der Waals surface area (Å²) < 4.78 is 0. The molecule has 0 aromatic heterocycles. The summed E-state index contributed by atoms with van der Waals surface area (Å²) in [5.41, 5.74) is 5.60. The lowest BCUT2D eigenvalue weighted by Gasteiger charge is -2.22. The van der Waals surface area contributed by atoms with Crippen molar-refractivity contribution in [3.8, 4) is 0 Å². The minimum atomic E-state index is 0.238. The Hall–Kier alpha value is -1.31. The summed E-state index contributed by atoms with van der Waals surface area (Å²) in [6.07, 6.45) is 3.78. The fourth-order valence-electron chi connectivity index (χ4n) is 3.25. The topological polar surface area (TPSA) is 12.0 Å². The zero-order valence-electron chi connectivity index (χ0n) is 12.7. The van der Waals surface area contributed by atoms with E-state index in [2.05, 4.69) is 43.4 Å². The summed E-state index contributed by atoms with van der Waals surface area (Å²) in [6, 6.07) is 15.6. The quantitative estimate of drug-likeness (QED) is 0.814. The number of nitrogens with one attached hydrogen (secondary N) is 1. The molecule has 0 aliphatic heterocycles. The molecule has 2 aromatic carbocycles. The van der Waals surface area contributed by atoms with Gasteiger partial charge >= 0.3 is 0 Å². The van der Waals surface area contributed by atoms with Crippen LogP contribution in [0.1, 0.15) is 54.6 Å². The van der Waals surface area contributed by atoms with E-state index in [1.54, 1.807) is 0 Å². The number of benzene rings is 2. The fourth-order valence-corrected chi connectivity index (χ4v) is 3.55. The van der Waals surface area contributed by atoms with Crippen LogP contribution in [0.3, 0.4) is 0 Å². The molecule has 0 heterocycles. The van der Waals surface area contributed by atoms with Crippen LogP contribution in [-0.2, 0) is 12.8 Å². The maximum absolute atomic E-state index is 6.29. The molecule has 1 unspecified atom stereocenters. The third kappa shape index (κ3) is 3.14. The Bertz CT molecular complexity index is 635. The number of hydrogen-bond donors (Lipinski definition) is 1. The van der Waals surface area contributed by atoms with Gasteiger partial charge in [-0.3, -0.25) is 0 Å². The lowest BCUT2D eigenvalue weighted by molar-refractivity contribution is 0.494. The van der Waals surface area contributed by atoms with Crippen molar-refractivity contribution in [1.29, 1.82) is 0 Å². The monoisotopic (exact) mass is 299 g/mol. The van der Waals surface area contributed by atoms with E-state index >= 15 is 0 Å². The smallest absolute Gasteiger partial charge is 0.0453 e. The second-order valence-electron chi connectivity index (χ2n) is 6.01. The van der Waals surface area contributed by atoms with E-state index in [1.165, 1.54) is 36.0 Å². The lowest BCUT2D eigenvalue weighted by atomic mass is 10.0. The molecule has 1 aliphatic rings. The van der Waals surface area contributed by atoms with E-state index in [0.717, 1.165) is 10.6 Å². The molecular weight excluding hydrogens is 278 g/mol. The van der Waals surface area contributed by atoms with Crippen molar-refractivity contribution < 1.29 is 0 Å². The van der Waals surface area contributed by atoms with Crippen molar-refractivity contribution in [3.05, 3.63) is 69.7 Å². The van der Waals surface area contributed by atoms with Gasteiger partial charge < -0.3 is 5.32 Å². The maximum Gasteiger partial charge on any atom is 0.0453 e. The normalized spacial score (nSPS) is 16.5. The maximum atomic E-state index is 6.29. The Labute approximate surface area is 132 Å². The van der Waals surface area contributed by atoms with Crippen LogP contribution in [0.5, 0.6) is 0 Å². The van der Waals surface area contributed by atoms with Gasteiger partial charge in [-0.25, -0.2) is 0 Å². The van der Waals surface area contributed by atoms with Crippen LogP contribution in [0.25, 0.3) is 0 Å². The molecule has 0 spiro atoms. The Kier molecular flexibility index (Phi) is 4.32. The summed E-state index contributed by atoms with van der Waals surface area (Å²) in [4.78, 5) is 0. The summed E-state index contributed by atoms with van der Waals surface area (Å²) in [7, 11) is 0. The van der Waals surface area contributed by atoms with Gasteiger partial charge in [0, 0.05) is 17.1 Å². The van der Waals surface area contributed by atoms with Gasteiger partial charge in [-0.05, 0) is 61.4 Å². The predicted octanol–water partition coefficient (Wildman–Crippen LogP) is 5.24. The first-order valence-corrected chi connectivity index (χ1v) is 8.15. The van der Waals surface area contributed by atoms with Crippen LogP contribution in [-0.4, -0.2) is 0 Å². The van der Waals surface area contributed by atoms with Gasteiger partial charge in [-0.1, -0.05) is 48.0 Å². The average Bonchev–Trinajstić information content (AvgIpc) is 2.94. The highest BCUT2D eigenvalue weighted by molar-refractivity contribution is 6.31. The summed E-state index contributed by atoms with van der Waals surface area (Å²) in [5, 5.41) is 4.49. The second kappa shape index (κ2) is 6.21. The second-order valence-corrected chi connectivity index (χ2v) is 6.42. The van der Waals surface area contributed by atoms with Gasteiger partial charge in [0.1, 0.15) is 0 Å². The van der Waals surface area contributed by atoms with Crippen molar-refractivity contribution in [1.82, 2.24) is 5.32 Å². The molecule has 1 N–H and O–H groups in total. The van der Waals surface area contributed by atoms with Crippen molar-refractivity contribution in [2.45, 2.75) is 45.2 Å². The van der Waals surface area contributed by atoms with Crippen molar-refractivity contribution in [2.24, 2.45) is 0 Å². The first-order chi connectivity index (χ1) is 10.1. The molecule has 0 saturated heterocycles. The summed E-state index contributed by atoms with van der Waals surface area (Å²) in [6.45, 7) is 4.40. The van der Waals surface area contributed by atoms with Gasteiger partial charge in [0.05, 0.1) is 0 Å². The fraction of sp³-hybridized carbons (Fsp3) is 0.368. The molecule has 21 heavy (non-hydrogen) atoms. The molecule has 0 saturated carbocycles. The Morgan fingerprint density at radius 1 is 0.952 bits per heavy atom. The van der Waals surface area contributed by atoms with Crippen molar-refractivity contribution in [3.63, 3.8) is 0 Å². The SMILES string of the molecule is CC(N[C@@H](C)c1ccccc1Cl)c1ccc2c(c1)CCC2. The third-order valence-electron chi connectivity index (χ3n) is 4.49. The van der Waals surface area contributed by atoms with Gasteiger partial charge in [0.15, 0.2) is 0 Å². The number of aryl methyl sites for hydroxylation is 2. The Balaban J connectivity index is 1.74. The zero-order chi connectivity index (χ0) is 14.8. The van der Waals surface area contributed by atoms with Crippen LogP contribution < -0.4 is 5.32 Å². The first-order valence-electron chi connectivity index (χ1n) is 7.77. The highest BCUT2D eigenvalue weighted by Gasteiger charge is 2.16. The molecule has 0 bridgehead atoms. The summed E-state index contributed by atoms with van der Waals surface area (Å²) >= 11 is 6.29. The molecular formula is C19H22ClN. The largest absolute Gasteiger partial charge is 0.304 e. The van der Waals surface area contributed by atoms with E-state index in [-0.39, 0.29) is 6.04 Å². The van der Waals surface area contributed by atoms with E-state index in [9.17, 15) is 0 Å². The predicted molar refractivity (Wildman–Crippen MR) is 89.9 cm³/mol. The number of rotatable bonds is 4. The number of fused-ring (bicyclic) bond motifs is 1. The first kappa shape index (κ1) is 14.6. The molecule has 0 fully saturated rings. The molecule has 0 amide bonds. The van der Waals surface area contributed by atoms with Gasteiger partial charge in [-0.2, -0.15) is 0 Å².